The summed E-state index contributed by atoms with van der Waals surface area (Å²) in [5.74, 6) is 2.44. The van der Waals surface area contributed by atoms with E-state index in [1.54, 1.807) is 0 Å². The van der Waals surface area contributed by atoms with Crippen molar-refractivity contribution in [1.82, 2.24) is 9.97 Å². The molecule has 0 saturated heterocycles. The maximum absolute atomic E-state index is 6.13. The van der Waals surface area contributed by atoms with Gasteiger partial charge in [0.05, 0.1) is 11.4 Å². The van der Waals surface area contributed by atoms with E-state index in [0.29, 0.717) is 5.15 Å². The number of nitrogens with one attached hydrogen (secondary N) is 1. The fraction of sp³-hybridized carbons (Fsp3) is 0.733. The second-order valence-corrected chi connectivity index (χ2v) is 6.07. The zero-order chi connectivity index (χ0) is 13.8. The highest BCUT2D eigenvalue weighted by atomic mass is 35.5. The van der Waals surface area contributed by atoms with Gasteiger partial charge >= 0.3 is 0 Å². The van der Waals surface area contributed by atoms with E-state index in [0.717, 1.165) is 35.6 Å². The summed E-state index contributed by atoms with van der Waals surface area (Å²) in [6, 6.07) is 0. The molecule has 0 radical (unpaired) electrons. The Labute approximate surface area is 121 Å². The molecule has 2 rings (SSSR count). The van der Waals surface area contributed by atoms with Crippen LogP contribution < -0.4 is 5.32 Å². The van der Waals surface area contributed by atoms with E-state index in [-0.39, 0.29) is 0 Å². The van der Waals surface area contributed by atoms with Crippen molar-refractivity contribution < 1.29 is 0 Å². The van der Waals surface area contributed by atoms with Gasteiger partial charge in [0.1, 0.15) is 0 Å². The molecule has 1 aliphatic rings. The zero-order valence-corrected chi connectivity index (χ0v) is 12.9. The van der Waals surface area contributed by atoms with Gasteiger partial charge in [0, 0.05) is 6.54 Å². The lowest BCUT2D eigenvalue weighted by Crippen LogP contribution is -2.21. The van der Waals surface area contributed by atoms with E-state index >= 15 is 0 Å². The normalized spacial score (nSPS) is 23.4. The van der Waals surface area contributed by atoms with Crippen molar-refractivity contribution in [3.63, 3.8) is 0 Å². The third-order valence-corrected chi connectivity index (χ3v) is 4.63. The lowest BCUT2D eigenvalue weighted by molar-refractivity contribution is 0.278. The van der Waals surface area contributed by atoms with E-state index in [1.165, 1.54) is 32.1 Å². The third kappa shape index (κ3) is 3.82. The zero-order valence-electron chi connectivity index (χ0n) is 12.2. The van der Waals surface area contributed by atoms with Gasteiger partial charge in [-0.25, -0.2) is 9.97 Å². The summed E-state index contributed by atoms with van der Waals surface area (Å²) >= 11 is 6.13. The maximum Gasteiger partial charge on any atom is 0.171 e. The van der Waals surface area contributed by atoms with Gasteiger partial charge in [-0.05, 0) is 38.5 Å². The second kappa shape index (κ2) is 6.56. The van der Waals surface area contributed by atoms with Gasteiger partial charge in [0.2, 0.25) is 0 Å². The van der Waals surface area contributed by atoms with Crippen LogP contribution in [0.2, 0.25) is 5.15 Å². The first kappa shape index (κ1) is 14.6. The van der Waals surface area contributed by atoms with Gasteiger partial charge in [-0.2, -0.15) is 0 Å². The van der Waals surface area contributed by atoms with Crippen LogP contribution in [0, 0.1) is 25.7 Å². The highest BCUT2D eigenvalue weighted by molar-refractivity contribution is 6.31. The quantitative estimate of drug-likeness (QED) is 0.890. The largest absolute Gasteiger partial charge is 0.367 e. The van der Waals surface area contributed by atoms with Gasteiger partial charge in [0.25, 0.3) is 0 Å². The predicted molar refractivity (Wildman–Crippen MR) is 80.7 cm³/mol. The van der Waals surface area contributed by atoms with Crippen molar-refractivity contribution in [2.75, 3.05) is 11.9 Å². The molecule has 1 aromatic heterocycles. The molecule has 0 aromatic carbocycles. The predicted octanol–water partition coefficient (Wildman–Crippen LogP) is 4.38. The maximum atomic E-state index is 6.13. The van der Waals surface area contributed by atoms with Crippen LogP contribution in [0.25, 0.3) is 0 Å². The number of aromatic nitrogens is 2. The van der Waals surface area contributed by atoms with Crippen LogP contribution in [0.1, 0.15) is 50.4 Å². The number of aryl methyl sites for hydroxylation is 2. The third-order valence-electron chi connectivity index (χ3n) is 4.37. The first-order chi connectivity index (χ1) is 9.10. The molecule has 4 heteroatoms. The number of hydrogen-bond donors (Lipinski definition) is 1. The smallest absolute Gasteiger partial charge is 0.171 e. The minimum Gasteiger partial charge on any atom is -0.367 e. The Balaban J connectivity index is 1.88. The van der Waals surface area contributed by atoms with Crippen molar-refractivity contribution in [2.45, 2.75) is 52.9 Å². The van der Waals surface area contributed by atoms with E-state index in [2.05, 4.69) is 22.2 Å². The summed E-state index contributed by atoms with van der Waals surface area (Å²) in [5, 5.41) is 3.87. The summed E-state index contributed by atoms with van der Waals surface area (Å²) in [7, 11) is 0. The molecule has 1 saturated carbocycles. The summed E-state index contributed by atoms with van der Waals surface area (Å²) in [4.78, 5) is 8.78. The van der Waals surface area contributed by atoms with Crippen LogP contribution in [0.5, 0.6) is 0 Å². The Morgan fingerprint density at radius 2 is 1.63 bits per heavy atom. The lowest BCUT2D eigenvalue weighted by atomic mass is 9.81. The minimum atomic E-state index is 0.491. The van der Waals surface area contributed by atoms with Crippen LogP contribution in [-0.4, -0.2) is 16.5 Å². The van der Waals surface area contributed by atoms with Gasteiger partial charge in [0.15, 0.2) is 11.0 Å². The van der Waals surface area contributed by atoms with Crippen molar-refractivity contribution in [3.8, 4) is 0 Å². The summed E-state index contributed by atoms with van der Waals surface area (Å²) in [6.45, 7) is 7.17. The Bertz CT molecular complexity index is 426. The van der Waals surface area contributed by atoms with Crippen LogP contribution >= 0.6 is 11.6 Å². The first-order valence-electron chi connectivity index (χ1n) is 7.34. The second-order valence-electron chi connectivity index (χ2n) is 5.71. The van der Waals surface area contributed by atoms with Crippen molar-refractivity contribution >= 4 is 17.4 Å². The van der Waals surface area contributed by atoms with Crippen LogP contribution in [0.15, 0.2) is 0 Å². The minimum absolute atomic E-state index is 0.491. The molecule has 1 N–H and O–H groups in total. The molecule has 1 aliphatic carbocycles. The van der Waals surface area contributed by atoms with Gasteiger partial charge in [-0.3, -0.25) is 0 Å². The average Bonchev–Trinajstić information content (AvgIpc) is 2.42. The van der Waals surface area contributed by atoms with Gasteiger partial charge in [-0.1, -0.05) is 37.8 Å². The van der Waals surface area contributed by atoms with Crippen LogP contribution in [0.3, 0.4) is 0 Å². The molecule has 0 atom stereocenters. The SMILES string of the molecule is CCC1CCC(CNc2nc(C)c(C)nc2Cl)CC1. The highest BCUT2D eigenvalue weighted by Crippen LogP contribution is 2.31. The molecule has 1 aromatic rings. The molecule has 0 amide bonds. The molecule has 3 nitrogen and oxygen atoms in total. The monoisotopic (exact) mass is 281 g/mol. The topological polar surface area (TPSA) is 37.8 Å². The van der Waals surface area contributed by atoms with Crippen molar-refractivity contribution in [3.05, 3.63) is 16.5 Å². The highest BCUT2D eigenvalue weighted by Gasteiger charge is 2.20. The Morgan fingerprint density at radius 1 is 1.05 bits per heavy atom. The molecule has 0 unspecified atom stereocenters. The van der Waals surface area contributed by atoms with Crippen LogP contribution in [-0.2, 0) is 0 Å². The fourth-order valence-corrected chi connectivity index (χ4v) is 3.01. The Hall–Kier alpha value is -0.830. The molecule has 1 fully saturated rings. The summed E-state index contributed by atoms with van der Waals surface area (Å²) in [5.41, 5.74) is 1.85. The van der Waals surface area contributed by atoms with E-state index < -0.39 is 0 Å². The van der Waals surface area contributed by atoms with E-state index in [9.17, 15) is 0 Å². The fourth-order valence-electron chi connectivity index (χ4n) is 2.77. The number of halogens is 1. The number of rotatable bonds is 4. The summed E-state index contributed by atoms with van der Waals surface area (Å²) < 4.78 is 0. The molecule has 106 valence electrons. The summed E-state index contributed by atoms with van der Waals surface area (Å²) in [6.07, 6.45) is 6.71. The number of nitrogens with zero attached hydrogens (tertiary/aromatic N) is 2. The molecular weight excluding hydrogens is 258 g/mol. The Kier molecular flexibility index (Phi) is 5.03. The first-order valence-corrected chi connectivity index (χ1v) is 7.72. The average molecular weight is 282 g/mol. The Morgan fingerprint density at radius 3 is 2.26 bits per heavy atom. The van der Waals surface area contributed by atoms with E-state index in [1.807, 2.05) is 13.8 Å². The van der Waals surface area contributed by atoms with Crippen molar-refractivity contribution in [1.29, 1.82) is 0 Å². The molecule has 1 heterocycles. The molecule has 0 aliphatic heterocycles. The van der Waals surface area contributed by atoms with Gasteiger partial charge in [-0.15, -0.1) is 0 Å². The number of anilines is 1. The van der Waals surface area contributed by atoms with Crippen molar-refractivity contribution in [2.24, 2.45) is 11.8 Å². The van der Waals surface area contributed by atoms with Gasteiger partial charge < -0.3 is 5.32 Å². The molecule has 0 bridgehead atoms. The molecular formula is C15H24ClN3. The van der Waals surface area contributed by atoms with Crippen LogP contribution in [0.4, 0.5) is 5.82 Å². The lowest BCUT2D eigenvalue weighted by Gasteiger charge is -2.28. The molecule has 19 heavy (non-hydrogen) atoms. The number of hydrogen-bond acceptors (Lipinski definition) is 3. The molecule has 0 spiro atoms. The van der Waals surface area contributed by atoms with E-state index in [4.69, 9.17) is 11.6 Å². The standard InChI is InChI=1S/C15H24ClN3/c1-4-12-5-7-13(8-6-12)9-17-15-14(16)18-10(2)11(3)19-15/h12-13H,4-9H2,1-3H3,(H,17,19).